The van der Waals surface area contributed by atoms with Crippen LogP contribution in [0.3, 0.4) is 0 Å². The second-order valence-corrected chi connectivity index (χ2v) is 6.67. The van der Waals surface area contributed by atoms with Crippen molar-refractivity contribution in [3.63, 3.8) is 0 Å². The second kappa shape index (κ2) is 9.51. The fourth-order valence-electron chi connectivity index (χ4n) is 1.96. The van der Waals surface area contributed by atoms with Crippen LogP contribution in [0.15, 0.2) is 24.3 Å². The first-order chi connectivity index (χ1) is 10.4. The molecule has 1 amide bonds. The van der Waals surface area contributed by atoms with Gasteiger partial charge in [-0.15, -0.1) is 0 Å². The monoisotopic (exact) mass is 323 g/mol. The fourth-order valence-corrected chi connectivity index (χ4v) is 2.83. The molecule has 0 aliphatic heterocycles. The Hall–Kier alpha value is -1.49. The maximum atomic E-state index is 12.2. The van der Waals surface area contributed by atoms with Crippen LogP contribution in [-0.4, -0.2) is 22.7 Å². The molecule has 0 fully saturated rings. The van der Waals surface area contributed by atoms with E-state index in [2.05, 4.69) is 19.2 Å². The van der Waals surface area contributed by atoms with Crippen molar-refractivity contribution in [1.29, 1.82) is 0 Å². The maximum absolute atomic E-state index is 12.2. The van der Waals surface area contributed by atoms with Crippen LogP contribution in [0.5, 0.6) is 0 Å². The number of carbonyl (C=O) groups excluding carboxylic acids is 1. The van der Waals surface area contributed by atoms with Gasteiger partial charge in [0.25, 0.3) is 0 Å². The molecule has 2 atom stereocenters. The Labute approximate surface area is 136 Å². The summed E-state index contributed by atoms with van der Waals surface area (Å²) in [6.45, 7) is 6.12. The lowest BCUT2D eigenvalue weighted by atomic mass is 9.93. The van der Waals surface area contributed by atoms with Gasteiger partial charge in [0.1, 0.15) is 0 Å². The van der Waals surface area contributed by atoms with Crippen molar-refractivity contribution >= 4 is 29.3 Å². The van der Waals surface area contributed by atoms with Gasteiger partial charge >= 0.3 is 5.97 Å². The number of benzene rings is 1. The van der Waals surface area contributed by atoms with Gasteiger partial charge in [-0.25, -0.2) is 0 Å². The molecule has 0 saturated carbocycles. The molecule has 4 nitrogen and oxygen atoms in total. The zero-order chi connectivity index (χ0) is 16.5. The van der Waals surface area contributed by atoms with E-state index in [1.165, 1.54) is 0 Å². The van der Waals surface area contributed by atoms with Crippen LogP contribution in [0.2, 0.25) is 0 Å². The molecule has 2 unspecified atom stereocenters. The van der Waals surface area contributed by atoms with E-state index in [-0.39, 0.29) is 18.2 Å². The summed E-state index contributed by atoms with van der Waals surface area (Å²) in [4.78, 5) is 22.6. The highest BCUT2D eigenvalue weighted by Crippen LogP contribution is 2.20. The Morgan fingerprint density at radius 2 is 2.05 bits per heavy atom. The maximum Gasteiger partial charge on any atom is 0.304 e. The van der Waals surface area contributed by atoms with E-state index in [1.54, 1.807) is 11.8 Å². The standard InChI is InChI=1S/C17H25NO3S/c1-4-12(2)13(3)17(21)18-15-7-5-6-14(10-15)11-22-9-8-16(19)20/h5-7,10,12-13H,4,8-9,11H2,1-3H3,(H,18,21)(H,19,20). The summed E-state index contributed by atoms with van der Waals surface area (Å²) in [6.07, 6.45) is 1.16. The number of carbonyl (C=O) groups is 2. The molecule has 0 saturated heterocycles. The number of thioether (sulfide) groups is 1. The average molecular weight is 323 g/mol. The molecule has 1 rings (SSSR count). The first-order valence-corrected chi connectivity index (χ1v) is 8.78. The van der Waals surface area contributed by atoms with Gasteiger partial charge in [0.2, 0.25) is 5.91 Å². The van der Waals surface area contributed by atoms with Gasteiger partial charge in [-0.05, 0) is 23.6 Å². The number of rotatable bonds is 9. The predicted molar refractivity (Wildman–Crippen MR) is 92.1 cm³/mol. The van der Waals surface area contributed by atoms with Crippen LogP contribution in [0.1, 0.15) is 39.2 Å². The number of hydrogen-bond donors (Lipinski definition) is 2. The summed E-state index contributed by atoms with van der Waals surface area (Å²) < 4.78 is 0. The number of anilines is 1. The van der Waals surface area contributed by atoms with Crippen molar-refractivity contribution in [3.05, 3.63) is 29.8 Å². The van der Waals surface area contributed by atoms with Crippen molar-refractivity contribution < 1.29 is 14.7 Å². The molecule has 0 aromatic heterocycles. The number of carboxylic acid groups (broad SMARTS) is 1. The van der Waals surface area contributed by atoms with Crippen molar-refractivity contribution in [2.24, 2.45) is 11.8 Å². The van der Waals surface area contributed by atoms with E-state index < -0.39 is 5.97 Å². The average Bonchev–Trinajstić information content (AvgIpc) is 2.50. The van der Waals surface area contributed by atoms with Crippen LogP contribution in [0, 0.1) is 11.8 Å². The number of carboxylic acids is 1. The molecule has 0 radical (unpaired) electrons. The number of nitrogens with one attached hydrogen (secondary N) is 1. The van der Waals surface area contributed by atoms with E-state index in [0.29, 0.717) is 11.7 Å². The highest BCUT2D eigenvalue weighted by molar-refractivity contribution is 7.98. The van der Waals surface area contributed by atoms with Gasteiger partial charge in [-0.2, -0.15) is 11.8 Å². The normalized spacial score (nSPS) is 13.4. The molecule has 0 heterocycles. The zero-order valence-electron chi connectivity index (χ0n) is 13.5. The molecular formula is C17H25NO3S. The molecule has 0 aliphatic carbocycles. The van der Waals surface area contributed by atoms with Gasteiger partial charge in [0.15, 0.2) is 0 Å². The van der Waals surface area contributed by atoms with Crippen molar-refractivity contribution in [2.45, 2.75) is 39.4 Å². The third-order valence-corrected chi connectivity index (χ3v) is 4.86. The topological polar surface area (TPSA) is 66.4 Å². The highest BCUT2D eigenvalue weighted by Gasteiger charge is 2.18. The summed E-state index contributed by atoms with van der Waals surface area (Å²) in [7, 11) is 0. The second-order valence-electron chi connectivity index (χ2n) is 5.56. The van der Waals surface area contributed by atoms with Crippen molar-refractivity contribution in [3.8, 4) is 0 Å². The lowest BCUT2D eigenvalue weighted by Crippen LogP contribution is -2.25. The summed E-state index contributed by atoms with van der Waals surface area (Å²) in [5, 5.41) is 11.6. The Balaban J connectivity index is 2.53. The van der Waals surface area contributed by atoms with E-state index in [1.807, 2.05) is 31.2 Å². The van der Waals surface area contributed by atoms with Crippen LogP contribution in [0.25, 0.3) is 0 Å². The van der Waals surface area contributed by atoms with Gasteiger partial charge in [-0.3, -0.25) is 9.59 Å². The fraction of sp³-hybridized carbons (Fsp3) is 0.529. The molecule has 0 aliphatic rings. The minimum atomic E-state index is -0.771. The third kappa shape index (κ3) is 6.52. The Morgan fingerprint density at radius 3 is 2.68 bits per heavy atom. The Kier molecular flexibility index (Phi) is 8.02. The molecule has 0 spiro atoms. The van der Waals surface area contributed by atoms with Crippen LogP contribution in [-0.2, 0) is 15.3 Å². The number of hydrogen-bond acceptors (Lipinski definition) is 3. The molecule has 5 heteroatoms. The first kappa shape index (κ1) is 18.6. The van der Waals surface area contributed by atoms with E-state index >= 15 is 0 Å². The third-order valence-electron chi connectivity index (χ3n) is 3.83. The van der Waals surface area contributed by atoms with Crippen molar-refractivity contribution in [1.82, 2.24) is 0 Å². The van der Waals surface area contributed by atoms with Gasteiger partial charge < -0.3 is 10.4 Å². The Morgan fingerprint density at radius 1 is 1.32 bits per heavy atom. The lowest BCUT2D eigenvalue weighted by Gasteiger charge is -2.18. The minimum Gasteiger partial charge on any atom is -0.481 e. The molecule has 1 aromatic rings. The van der Waals surface area contributed by atoms with Crippen LogP contribution in [0.4, 0.5) is 5.69 Å². The zero-order valence-corrected chi connectivity index (χ0v) is 14.3. The summed E-state index contributed by atoms with van der Waals surface area (Å²) >= 11 is 1.58. The first-order valence-electron chi connectivity index (χ1n) is 7.63. The predicted octanol–water partition coefficient (Wildman–Crippen LogP) is 4.02. The summed E-state index contributed by atoms with van der Waals surface area (Å²) in [6, 6.07) is 7.74. The van der Waals surface area contributed by atoms with Gasteiger partial charge in [-0.1, -0.05) is 39.3 Å². The quantitative estimate of drug-likeness (QED) is 0.674. The van der Waals surface area contributed by atoms with Crippen LogP contribution >= 0.6 is 11.8 Å². The molecular weight excluding hydrogens is 298 g/mol. The molecule has 122 valence electrons. The molecule has 2 N–H and O–H groups in total. The minimum absolute atomic E-state index is 0.0152. The largest absolute Gasteiger partial charge is 0.481 e. The van der Waals surface area contributed by atoms with E-state index in [9.17, 15) is 9.59 Å². The number of amides is 1. The smallest absolute Gasteiger partial charge is 0.304 e. The summed E-state index contributed by atoms with van der Waals surface area (Å²) in [5.74, 6) is 0.959. The van der Waals surface area contributed by atoms with Crippen LogP contribution < -0.4 is 5.32 Å². The lowest BCUT2D eigenvalue weighted by molar-refractivity contribution is -0.136. The molecule has 1 aromatic carbocycles. The number of aliphatic carboxylic acids is 1. The van der Waals surface area contributed by atoms with Crippen molar-refractivity contribution in [2.75, 3.05) is 11.1 Å². The SMILES string of the molecule is CCC(C)C(C)C(=O)Nc1cccc(CSCCC(=O)O)c1. The summed E-state index contributed by atoms with van der Waals surface area (Å²) in [5.41, 5.74) is 1.89. The van der Waals surface area contributed by atoms with Gasteiger partial charge in [0, 0.05) is 23.1 Å². The van der Waals surface area contributed by atoms with Gasteiger partial charge in [0.05, 0.1) is 6.42 Å². The Bertz CT molecular complexity index is 504. The molecule has 22 heavy (non-hydrogen) atoms. The molecule has 0 bridgehead atoms. The van der Waals surface area contributed by atoms with E-state index in [4.69, 9.17) is 5.11 Å². The highest BCUT2D eigenvalue weighted by atomic mass is 32.2. The van der Waals surface area contributed by atoms with E-state index in [0.717, 1.165) is 23.4 Å².